The fourth-order valence-corrected chi connectivity index (χ4v) is 0. The van der Waals surface area contributed by atoms with Gasteiger partial charge in [-0.05, 0) is 0 Å². The van der Waals surface area contributed by atoms with Gasteiger partial charge in [-0.1, -0.05) is 0 Å². The van der Waals surface area contributed by atoms with E-state index in [9.17, 15) is 11.9 Å². The van der Waals surface area contributed by atoms with Crippen LogP contribution in [0.25, 0.3) is 0 Å². The molecule has 0 bridgehead atoms. The van der Waals surface area contributed by atoms with Crippen molar-refractivity contribution in [2.75, 3.05) is 7.11 Å². The molecule has 0 saturated carbocycles. The van der Waals surface area contributed by atoms with Crippen LogP contribution in [0, 0.1) is 0 Å². The molecule has 0 heterocycles. The first-order valence-corrected chi connectivity index (χ1v) is 4.20. The van der Waals surface area contributed by atoms with Crippen LogP contribution in [0.1, 0.15) is 0 Å². The van der Waals surface area contributed by atoms with Gasteiger partial charge in [-0.2, -0.15) is 0 Å². The monoisotopic (exact) mass is 194 g/mol. The molecule has 4 nitrogen and oxygen atoms in total. The maximum absolute atomic E-state index is 9.31. The molecule has 7 heavy (non-hydrogen) atoms. The second kappa shape index (κ2) is 4.38. The van der Waals surface area contributed by atoms with Gasteiger partial charge in [0.05, 0.1) is 0 Å². The van der Waals surface area contributed by atoms with Crippen molar-refractivity contribution >= 4 is 52.3 Å². The van der Waals surface area contributed by atoms with Crippen molar-refractivity contribution in [3.63, 3.8) is 0 Å². The Morgan fingerprint density at radius 2 is 1.71 bits per heavy atom. The van der Waals surface area contributed by atoms with Crippen molar-refractivity contribution in [2.45, 2.75) is 0 Å². The topological polar surface area (TPSA) is 72.4 Å². The van der Waals surface area contributed by atoms with E-state index in [2.05, 4.69) is 3.73 Å². The molecule has 38 valence electrons. The van der Waals surface area contributed by atoms with Gasteiger partial charge in [-0.15, -0.1) is 0 Å². The zero-order valence-corrected chi connectivity index (χ0v) is 7.87. The molecule has 0 N–H and O–H groups in total. The fourth-order valence-electron chi connectivity index (χ4n) is 0. The molecule has 0 amide bonds. The van der Waals surface area contributed by atoms with Crippen LogP contribution in [-0.2, 0) is 7.47 Å². The molecule has 0 aliphatic carbocycles. The summed E-state index contributed by atoms with van der Waals surface area (Å²) >= 11 is -5.16. The summed E-state index contributed by atoms with van der Waals surface area (Å²) in [7, 11) is 0.847. The third-order valence-corrected chi connectivity index (χ3v) is 1.16. The molecule has 0 rings (SSSR count). The van der Waals surface area contributed by atoms with E-state index >= 15 is 0 Å². The van der Waals surface area contributed by atoms with E-state index in [1.54, 1.807) is 0 Å². The smallest absolute Gasteiger partial charge is 2.00 e. The molecular weight excluding hydrogens is 191 g/mol. The minimum Gasteiger partial charge on any atom is 2.00 e. The van der Waals surface area contributed by atoms with Crippen molar-refractivity contribution in [1.29, 1.82) is 0 Å². The average Bonchev–Trinajstić information content (AvgIpc) is 1.35. The molecule has 0 aliphatic heterocycles. The maximum atomic E-state index is 9.31. The van der Waals surface area contributed by atoms with Gasteiger partial charge in [0.2, 0.25) is 0 Å². The Labute approximate surface area is 74.2 Å². The van der Waals surface area contributed by atoms with Gasteiger partial charge < -0.3 is 0 Å². The van der Waals surface area contributed by atoms with Gasteiger partial charge in [-0.3, -0.25) is 0 Å². The second-order valence-corrected chi connectivity index (χ2v) is 3.27. The van der Waals surface area contributed by atoms with Gasteiger partial charge in [0.1, 0.15) is 0 Å². The normalized spacial score (nSPS) is 10.1. The Morgan fingerprint density at radius 3 is 1.71 bits per heavy atom. The van der Waals surface area contributed by atoms with Crippen LogP contribution < -0.4 is 8.19 Å². The van der Waals surface area contributed by atoms with Gasteiger partial charge in [0.25, 0.3) is 0 Å². The van der Waals surface area contributed by atoms with E-state index in [0.717, 1.165) is 7.11 Å². The standard InChI is InChI=1S/CH5AsO4.Ca/c1-6-2(3,4)5;/h1H3,(H2,3,4,5);/q;+2/p-2. The van der Waals surface area contributed by atoms with Crippen molar-refractivity contribution < 1.29 is 15.7 Å². The van der Waals surface area contributed by atoms with E-state index in [1.165, 1.54) is 0 Å². The molecular formula is CH3AsCaO4. The Kier molecular flexibility index (Phi) is 7.09. The van der Waals surface area contributed by atoms with Crippen LogP contribution in [-0.4, -0.2) is 59.4 Å². The average molecular weight is 194 g/mol. The van der Waals surface area contributed by atoms with Crippen LogP contribution in [0.4, 0.5) is 0 Å². The van der Waals surface area contributed by atoms with Gasteiger partial charge in [-0.25, -0.2) is 0 Å². The van der Waals surface area contributed by atoms with Crippen LogP contribution in [0.2, 0.25) is 0 Å². The predicted molar refractivity (Wildman–Crippen MR) is 19.2 cm³/mol. The van der Waals surface area contributed by atoms with Gasteiger partial charge in [0, 0.05) is 0 Å². The Bertz CT molecular complexity index is 75.8. The summed E-state index contributed by atoms with van der Waals surface area (Å²) in [5, 5.41) is 0. The van der Waals surface area contributed by atoms with E-state index < -0.39 is 14.5 Å². The quantitative estimate of drug-likeness (QED) is 0.413. The Balaban J connectivity index is 0. The molecule has 0 radical (unpaired) electrons. The summed E-state index contributed by atoms with van der Waals surface area (Å²) in [6, 6.07) is 0. The van der Waals surface area contributed by atoms with Crippen molar-refractivity contribution in [3.8, 4) is 0 Å². The van der Waals surface area contributed by atoms with Crippen molar-refractivity contribution in [2.24, 2.45) is 0 Å². The first kappa shape index (κ1) is 11.3. The summed E-state index contributed by atoms with van der Waals surface area (Å²) in [5.41, 5.74) is 0. The molecule has 6 heteroatoms. The minimum absolute atomic E-state index is 0. The van der Waals surface area contributed by atoms with Crippen molar-refractivity contribution in [1.82, 2.24) is 0 Å². The third-order valence-electron chi connectivity index (χ3n) is 0.224. The zero-order chi connectivity index (χ0) is 5.21. The van der Waals surface area contributed by atoms with Crippen LogP contribution in [0.3, 0.4) is 0 Å². The molecule has 0 aromatic carbocycles. The predicted octanol–water partition coefficient (Wildman–Crippen LogP) is -3.16. The Hall–Kier alpha value is 1.50. The molecule has 0 fully saturated rings. The molecule has 0 aromatic rings. The molecule has 0 spiro atoms. The van der Waals surface area contributed by atoms with E-state index in [1.807, 2.05) is 0 Å². The van der Waals surface area contributed by atoms with E-state index in [0.29, 0.717) is 0 Å². The number of rotatable bonds is 1. The molecule has 0 unspecified atom stereocenters. The van der Waals surface area contributed by atoms with Crippen LogP contribution in [0.5, 0.6) is 0 Å². The molecule has 0 saturated heterocycles. The maximum Gasteiger partial charge on any atom is 2.00 e. The van der Waals surface area contributed by atoms with Gasteiger partial charge in [0.15, 0.2) is 0 Å². The second-order valence-electron chi connectivity index (χ2n) is 0.630. The Morgan fingerprint density at radius 1 is 1.57 bits per heavy atom. The summed E-state index contributed by atoms with van der Waals surface area (Å²) in [6.07, 6.45) is 0. The van der Waals surface area contributed by atoms with Crippen molar-refractivity contribution in [3.05, 3.63) is 0 Å². The minimum atomic E-state index is -5.16. The summed E-state index contributed by atoms with van der Waals surface area (Å²) < 4.78 is 31.4. The first-order valence-electron chi connectivity index (χ1n) is 1.14. The van der Waals surface area contributed by atoms with Crippen LogP contribution >= 0.6 is 0 Å². The summed E-state index contributed by atoms with van der Waals surface area (Å²) in [6.45, 7) is 0. The largest absolute Gasteiger partial charge is 2.00 e. The molecule has 0 aliphatic rings. The SMILES string of the molecule is CO[As](=O)([O-])[O-].[Ca+2]. The first-order chi connectivity index (χ1) is 2.56. The number of hydrogen-bond donors (Lipinski definition) is 0. The van der Waals surface area contributed by atoms with Gasteiger partial charge >= 0.3 is 75.0 Å². The van der Waals surface area contributed by atoms with E-state index in [4.69, 9.17) is 0 Å². The number of hydrogen-bond acceptors (Lipinski definition) is 4. The summed E-state index contributed by atoms with van der Waals surface area (Å²) in [4.78, 5) is 0. The zero-order valence-electron chi connectivity index (χ0n) is 3.79. The molecule has 0 aromatic heterocycles. The third kappa shape index (κ3) is 11.2. The van der Waals surface area contributed by atoms with E-state index in [-0.39, 0.29) is 37.7 Å². The molecule has 0 atom stereocenters. The van der Waals surface area contributed by atoms with Crippen LogP contribution in [0.15, 0.2) is 0 Å². The summed E-state index contributed by atoms with van der Waals surface area (Å²) in [5.74, 6) is 0. The fraction of sp³-hybridized carbons (Fsp3) is 1.00.